The number of amides is 1. The van der Waals surface area contributed by atoms with Crippen LogP contribution in [-0.2, 0) is 19.8 Å². The smallest absolute Gasteiger partial charge is 0.255 e. The minimum Gasteiger partial charge on any atom is -0.488 e. The number of ether oxygens (including phenoxy) is 1. The second kappa shape index (κ2) is 9.26. The maximum atomic E-state index is 14.1. The topological polar surface area (TPSA) is 78.6 Å². The van der Waals surface area contributed by atoms with Crippen molar-refractivity contribution < 1.29 is 18.3 Å². The van der Waals surface area contributed by atoms with Crippen molar-refractivity contribution in [2.24, 2.45) is 4.99 Å². The minimum atomic E-state index is -0.563. The van der Waals surface area contributed by atoms with Crippen molar-refractivity contribution in [3.8, 4) is 23.1 Å². The van der Waals surface area contributed by atoms with Gasteiger partial charge in [0.25, 0.3) is 5.91 Å². The van der Waals surface area contributed by atoms with E-state index in [-0.39, 0.29) is 17.6 Å². The summed E-state index contributed by atoms with van der Waals surface area (Å²) in [6.07, 6.45) is 4.94. The number of nitrogens with zero attached hydrogens (tertiary/aromatic N) is 4. The molecule has 1 aliphatic heterocycles. The third kappa shape index (κ3) is 4.62. The van der Waals surface area contributed by atoms with Gasteiger partial charge in [-0.3, -0.25) is 14.8 Å². The number of rotatable bonds is 7. The van der Waals surface area contributed by atoms with E-state index in [2.05, 4.69) is 9.98 Å². The summed E-state index contributed by atoms with van der Waals surface area (Å²) in [7, 11) is 1.69. The first-order chi connectivity index (χ1) is 17.0. The van der Waals surface area contributed by atoms with Gasteiger partial charge < -0.3 is 9.64 Å². The van der Waals surface area contributed by atoms with Crippen LogP contribution in [0.1, 0.15) is 51.0 Å². The highest BCUT2D eigenvalue weighted by Gasteiger charge is 2.27. The largest absolute Gasteiger partial charge is 0.488 e. The summed E-state index contributed by atoms with van der Waals surface area (Å²) in [5, 5.41) is 9.20. The highest BCUT2D eigenvalue weighted by molar-refractivity contribution is 5.95. The van der Waals surface area contributed by atoms with E-state index in [9.17, 15) is 18.8 Å². The van der Waals surface area contributed by atoms with Crippen molar-refractivity contribution >= 4 is 12.1 Å². The van der Waals surface area contributed by atoms with E-state index in [4.69, 9.17) is 4.74 Å². The summed E-state index contributed by atoms with van der Waals surface area (Å²) in [5.74, 6) is -0.430. The molecular formula is C27H22F2N4O2. The standard InChI is InChI=1S/C27H22F2N4O2/c1-33(15-18-3-2-17(10-28)23-13-31-14-24(18)23)27(34)20-9-25(35-22-4-5-22)26(32-12-20)19-6-16(11-30)7-21(29)8-19/h2-3,6-9,12-13,22H,4-5,10,14-15H2,1H3. The summed E-state index contributed by atoms with van der Waals surface area (Å²) in [6.45, 7) is 0.230. The maximum absolute atomic E-state index is 14.1. The van der Waals surface area contributed by atoms with Crippen LogP contribution in [0.4, 0.5) is 8.78 Å². The Morgan fingerprint density at radius 1 is 1.23 bits per heavy atom. The lowest BCUT2D eigenvalue weighted by molar-refractivity contribution is 0.0784. The monoisotopic (exact) mass is 472 g/mol. The first-order valence-electron chi connectivity index (χ1n) is 11.3. The molecule has 1 aromatic heterocycles. The molecule has 1 fully saturated rings. The molecule has 0 bridgehead atoms. The molecule has 0 radical (unpaired) electrons. The molecule has 0 spiro atoms. The Labute approximate surface area is 201 Å². The Bertz CT molecular complexity index is 1390. The van der Waals surface area contributed by atoms with Crippen LogP contribution in [0.5, 0.6) is 5.75 Å². The predicted molar refractivity (Wildman–Crippen MR) is 126 cm³/mol. The lowest BCUT2D eigenvalue weighted by Gasteiger charge is -2.20. The van der Waals surface area contributed by atoms with Gasteiger partial charge in [0.2, 0.25) is 0 Å². The number of halogens is 2. The molecule has 176 valence electrons. The third-order valence-corrected chi connectivity index (χ3v) is 6.13. The van der Waals surface area contributed by atoms with Crippen molar-refractivity contribution in [3.05, 3.63) is 81.8 Å². The van der Waals surface area contributed by atoms with Crippen molar-refractivity contribution in [3.63, 3.8) is 0 Å². The van der Waals surface area contributed by atoms with Gasteiger partial charge in [0, 0.05) is 37.1 Å². The van der Waals surface area contributed by atoms with Crippen molar-refractivity contribution in [2.45, 2.75) is 38.7 Å². The van der Waals surface area contributed by atoms with Gasteiger partial charge in [0.1, 0.15) is 23.9 Å². The highest BCUT2D eigenvalue weighted by Crippen LogP contribution is 2.35. The molecule has 1 saturated carbocycles. The summed E-state index contributed by atoms with van der Waals surface area (Å²) in [4.78, 5) is 23.5. The van der Waals surface area contributed by atoms with Gasteiger partial charge in [0.15, 0.2) is 0 Å². The number of aliphatic imine (C=N–C) groups is 1. The number of nitriles is 1. The number of hydrogen-bond acceptors (Lipinski definition) is 5. The van der Waals surface area contributed by atoms with Gasteiger partial charge in [-0.05, 0) is 53.8 Å². The van der Waals surface area contributed by atoms with Crippen LogP contribution < -0.4 is 4.74 Å². The molecule has 2 aliphatic rings. The zero-order valence-electron chi connectivity index (χ0n) is 19.1. The minimum absolute atomic E-state index is 0.0271. The SMILES string of the molecule is CN(Cc1ccc(CF)c2c1CN=C2)C(=O)c1cnc(-c2cc(F)cc(C#N)c2)c(OC2CC2)c1. The number of alkyl halides is 1. The average Bonchev–Trinajstić information content (AvgIpc) is 3.54. The molecule has 8 heteroatoms. The summed E-state index contributed by atoms with van der Waals surface area (Å²) >= 11 is 0. The molecule has 35 heavy (non-hydrogen) atoms. The fourth-order valence-electron chi connectivity index (χ4n) is 4.17. The molecule has 0 unspecified atom stereocenters. The Kier molecular flexibility index (Phi) is 6.00. The number of fused-ring (bicyclic) bond motifs is 1. The van der Waals surface area contributed by atoms with Crippen molar-refractivity contribution in [1.82, 2.24) is 9.88 Å². The molecule has 2 aromatic carbocycles. The molecule has 1 aliphatic carbocycles. The molecule has 0 N–H and O–H groups in total. The predicted octanol–water partition coefficient (Wildman–Crippen LogP) is 4.97. The average molecular weight is 472 g/mol. The zero-order valence-corrected chi connectivity index (χ0v) is 19.1. The van der Waals surface area contributed by atoms with Crippen LogP contribution in [0.25, 0.3) is 11.3 Å². The number of pyridine rings is 1. The molecule has 2 heterocycles. The fourth-order valence-corrected chi connectivity index (χ4v) is 4.17. The molecule has 0 atom stereocenters. The number of aromatic nitrogens is 1. The normalized spacial score (nSPS) is 13.9. The maximum Gasteiger partial charge on any atom is 0.255 e. The Morgan fingerprint density at radius 3 is 2.77 bits per heavy atom. The second-order valence-electron chi connectivity index (χ2n) is 8.77. The number of benzene rings is 2. The number of carbonyl (C=O) groups is 1. The van der Waals surface area contributed by atoms with Crippen LogP contribution in [0.15, 0.2) is 47.6 Å². The molecule has 6 nitrogen and oxygen atoms in total. The molecule has 3 aromatic rings. The Morgan fingerprint density at radius 2 is 2.03 bits per heavy atom. The third-order valence-electron chi connectivity index (χ3n) is 6.13. The van der Waals surface area contributed by atoms with E-state index in [1.54, 1.807) is 36.4 Å². The number of hydrogen-bond donors (Lipinski definition) is 0. The first kappa shape index (κ1) is 22.7. The fraction of sp³-hybridized carbons (Fsp3) is 0.259. The van der Waals surface area contributed by atoms with Gasteiger partial charge in [-0.2, -0.15) is 5.26 Å². The van der Waals surface area contributed by atoms with Crippen molar-refractivity contribution in [2.75, 3.05) is 7.05 Å². The summed E-state index contributed by atoms with van der Waals surface area (Å²) in [6, 6.07) is 11.1. The molecule has 1 amide bonds. The summed E-state index contributed by atoms with van der Waals surface area (Å²) in [5.41, 5.74) is 4.53. The lowest BCUT2D eigenvalue weighted by Crippen LogP contribution is -2.27. The van der Waals surface area contributed by atoms with E-state index >= 15 is 0 Å². The van der Waals surface area contributed by atoms with E-state index < -0.39 is 12.5 Å². The van der Waals surface area contributed by atoms with Gasteiger partial charge >= 0.3 is 0 Å². The van der Waals surface area contributed by atoms with E-state index in [1.165, 1.54) is 12.3 Å². The van der Waals surface area contributed by atoms with E-state index in [1.807, 2.05) is 12.1 Å². The van der Waals surface area contributed by atoms with E-state index in [0.29, 0.717) is 41.2 Å². The van der Waals surface area contributed by atoms with Crippen LogP contribution in [0.3, 0.4) is 0 Å². The Balaban J connectivity index is 1.43. The van der Waals surface area contributed by atoms with E-state index in [0.717, 1.165) is 35.6 Å². The molecule has 0 saturated heterocycles. The Hall–Kier alpha value is -4.12. The number of carbonyl (C=O) groups excluding carboxylic acids is 1. The van der Waals surface area contributed by atoms with Crippen LogP contribution >= 0.6 is 0 Å². The second-order valence-corrected chi connectivity index (χ2v) is 8.77. The van der Waals surface area contributed by atoms with Gasteiger partial charge in [-0.1, -0.05) is 12.1 Å². The zero-order chi connectivity index (χ0) is 24.5. The lowest BCUT2D eigenvalue weighted by atomic mass is 9.98. The van der Waals surface area contributed by atoms with Gasteiger partial charge in [0.05, 0.1) is 29.8 Å². The molecular weight excluding hydrogens is 450 g/mol. The van der Waals surface area contributed by atoms with Crippen LogP contribution in [0.2, 0.25) is 0 Å². The van der Waals surface area contributed by atoms with Gasteiger partial charge in [-0.25, -0.2) is 8.78 Å². The van der Waals surface area contributed by atoms with Crippen LogP contribution in [0, 0.1) is 17.1 Å². The molecule has 5 rings (SSSR count). The van der Waals surface area contributed by atoms with Crippen LogP contribution in [-0.4, -0.2) is 35.2 Å². The van der Waals surface area contributed by atoms with Gasteiger partial charge in [-0.15, -0.1) is 0 Å². The summed E-state index contributed by atoms with van der Waals surface area (Å²) < 4.78 is 33.4. The quantitative estimate of drug-likeness (QED) is 0.486. The first-order valence-corrected chi connectivity index (χ1v) is 11.3. The van der Waals surface area contributed by atoms with Crippen molar-refractivity contribution in [1.29, 1.82) is 5.26 Å². The highest BCUT2D eigenvalue weighted by atomic mass is 19.1.